The molecule has 1 atom stereocenters. The zero-order valence-corrected chi connectivity index (χ0v) is 17.1. The highest BCUT2D eigenvalue weighted by molar-refractivity contribution is 6.51. The summed E-state index contributed by atoms with van der Waals surface area (Å²) in [6, 6.07) is 19.5. The summed E-state index contributed by atoms with van der Waals surface area (Å²) in [6.07, 6.45) is 0. The number of hydrogen-bond acceptors (Lipinski definition) is 5. The van der Waals surface area contributed by atoms with Gasteiger partial charge in [-0.2, -0.15) is 0 Å². The second-order valence-corrected chi connectivity index (χ2v) is 7.25. The van der Waals surface area contributed by atoms with Crippen molar-refractivity contribution in [3.63, 3.8) is 0 Å². The van der Waals surface area contributed by atoms with E-state index in [2.05, 4.69) is 0 Å². The first-order chi connectivity index (χ1) is 14.9. The summed E-state index contributed by atoms with van der Waals surface area (Å²) in [5.74, 6) is -1.42. The molecule has 3 aromatic rings. The van der Waals surface area contributed by atoms with E-state index in [1.807, 2.05) is 6.07 Å². The van der Waals surface area contributed by atoms with Gasteiger partial charge in [-0.15, -0.1) is 0 Å². The maximum absolute atomic E-state index is 13.1. The van der Waals surface area contributed by atoms with Crippen LogP contribution >= 0.6 is 0 Å². The van der Waals surface area contributed by atoms with Gasteiger partial charge in [-0.25, -0.2) is 0 Å². The van der Waals surface area contributed by atoms with Crippen LogP contribution in [0, 0.1) is 6.92 Å². The van der Waals surface area contributed by atoms with Gasteiger partial charge < -0.3 is 14.9 Å². The van der Waals surface area contributed by atoms with Gasteiger partial charge in [-0.05, 0) is 48.4 Å². The number of hydrogen-bond donors (Lipinski definition) is 2. The number of anilines is 1. The summed E-state index contributed by atoms with van der Waals surface area (Å²) in [4.78, 5) is 27.4. The van der Waals surface area contributed by atoms with E-state index in [9.17, 15) is 19.8 Å². The molecule has 4 rings (SSSR count). The fourth-order valence-corrected chi connectivity index (χ4v) is 3.87. The minimum Gasteiger partial charge on any atom is -0.507 e. The maximum atomic E-state index is 13.1. The van der Waals surface area contributed by atoms with Gasteiger partial charge in [0.05, 0.1) is 24.4 Å². The van der Waals surface area contributed by atoms with Crippen molar-refractivity contribution < 1.29 is 24.5 Å². The number of amides is 1. The van der Waals surface area contributed by atoms with Crippen molar-refractivity contribution in [2.45, 2.75) is 13.0 Å². The van der Waals surface area contributed by atoms with Crippen molar-refractivity contribution in [2.75, 3.05) is 12.0 Å². The molecule has 2 N–H and O–H groups in total. The molecule has 6 heteroatoms. The predicted molar refractivity (Wildman–Crippen MR) is 117 cm³/mol. The molecular formula is C25H21NO5. The lowest BCUT2D eigenvalue weighted by atomic mass is 9.93. The zero-order chi connectivity index (χ0) is 22.1. The molecule has 1 aliphatic rings. The number of aromatic hydroxyl groups is 1. The molecule has 0 aliphatic carbocycles. The first kappa shape index (κ1) is 20.2. The van der Waals surface area contributed by atoms with Crippen molar-refractivity contribution in [2.24, 2.45) is 0 Å². The molecular weight excluding hydrogens is 394 g/mol. The van der Waals surface area contributed by atoms with Crippen LogP contribution in [0.2, 0.25) is 0 Å². The van der Waals surface area contributed by atoms with Crippen molar-refractivity contribution in [3.8, 4) is 11.5 Å². The van der Waals surface area contributed by atoms with Gasteiger partial charge in [0.15, 0.2) is 0 Å². The molecule has 3 aromatic carbocycles. The Morgan fingerprint density at radius 1 is 0.968 bits per heavy atom. The molecule has 1 saturated heterocycles. The first-order valence-electron chi connectivity index (χ1n) is 9.73. The minimum atomic E-state index is -0.893. The standard InChI is InChI=1S/C25H21NO5/c1-15-14-17(31-2)12-13-18(15)23(28)21-22(16-8-4-3-5-9-16)26(25(30)24(21)29)19-10-6-7-11-20(19)27/h3-14,22,27-28H,1-2H3/b23-21-. The monoisotopic (exact) mass is 415 g/mol. The Balaban J connectivity index is 1.96. The minimum absolute atomic E-state index is 0.0345. The summed E-state index contributed by atoms with van der Waals surface area (Å²) in [5, 5.41) is 21.6. The summed E-state index contributed by atoms with van der Waals surface area (Å²) in [7, 11) is 1.54. The number of carbonyl (C=O) groups excluding carboxylic acids is 2. The Bertz CT molecular complexity index is 1200. The average molecular weight is 415 g/mol. The smallest absolute Gasteiger partial charge is 0.300 e. The van der Waals surface area contributed by atoms with Crippen LogP contribution in [0.3, 0.4) is 0 Å². The number of Topliss-reactive ketones (excluding diaryl/α,β-unsaturated/α-hetero) is 1. The highest BCUT2D eigenvalue weighted by Crippen LogP contribution is 2.44. The quantitative estimate of drug-likeness (QED) is 0.376. The summed E-state index contributed by atoms with van der Waals surface area (Å²) < 4.78 is 5.22. The molecule has 1 amide bonds. The van der Waals surface area contributed by atoms with E-state index < -0.39 is 17.7 Å². The van der Waals surface area contributed by atoms with Crippen molar-refractivity contribution in [3.05, 3.63) is 95.1 Å². The highest BCUT2D eigenvalue weighted by Gasteiger charge is 2.47. The van der Waals surface area contributed by atoms with Crippen LogP contribution in [0.4, 0.5) is 5.69 Å². The number of benzene rings is 3. The Morgan fingerprint density at radius 3 is 2.29 bits per heavy atom. The van der Waals surface area contributed by atoms with E-state index in [0.717, 1.165) is 0 Å². The fourth-order valence-electron chi connectivity index (χ4n) is 3.87. The Morgan fingerprint density at radius 2 is 1.65 bits per heavy atom. The molecule has 0 spiro atoms. The molecule has 1 aliphatic heterocycles. The molecule has 0 saturated carbocycles. The average Bonchev–Trinajstić information content (AvgIpc) is 3.04. The Labute approximate surface area is 179 Å². The van der Waals surface area contributed by atoms with Crippen molar-refractivity contribution in [1.29, 1.82) is 0 Å². The van der Waals surface area contributed by atoms with Crippen LogP contribution < -0.4 is 9.64 Å². The number of carbonyl (C=O) groups is 2. The topological polar surface area (TPSA) is 87.1 Å². The van der Waals surface area contributed by atoms with Gasteiger partial charge in [0, 0.05) is 5.56 Å². The third kappa shape index (κ3) is 3.42. The van der Waals surface area contributed by atoms with Gasteiger partial charge >= 0.3 is 0 Å². The van der Waals surface area contributed by atoms with Crippen LogP contribution in [0.15, 0.2) is 78.4 Å². The van der Waals surface area contributed by atoms with E-state index in [1.165, 1.54) is 11.0 Å². The number of ether oxygens (including phenoxy) is 1. The maximum Gasteiger partial charge on any atom is 0.300 e. The molecule has 1 fully saturated rings. The van der Waals surface area contributed by atoms with Crippen molar-refractivity contribution in [1.82, 2.24) is 0 Å². The molecule has 156 valence electrons. The molecule has 0 aromatic heterocycles. The molecule has 1 unspecified atom stereocenters. The predicted octanol–water partition coefficient (Wildman–Crippen LogP) is 4.34. The number of phenolic OH excluding ortho intramolecular Hbond substituents is 1. The largest absolute Gasteiger partial charge is 0.507 e. The third-order valence-electron chi connectivity index (χ3n) is 5.39. The number of para-hydroxylation sites is 2. The van der Waals surface area contributed by atoms with Gasteiger partial charge in [-0.3, -0.25) is 14.5 Å². The van der Waals surface area contributed by atoms with Crippen LogP contribution in [-0.2, 0) is 9.59 Å². The fraction of sp³-hybridized carbons (Fsp3) is 0.120. The van der Waals surface area contributed by atoms with E-state index in [4.69, 9.17) is 4.74 Å². The summed E-state index contributed by atoms with van der Waals surface area (Å²) >= 11 is 0. The highest BCUT2D eigenvalue weighted by atomic mass is 16.5. The second-order valence-electron chi connectivity index (χ2n) is 7.25. The number of aliphatic hydroxyl groups is 1. The molecule has 6 nitrogen and oxygen atoms in total. The number of aryl methyl sites for hydroxylation is 1. The lowest BCUT2D eigenvalue weighted by molar-refractivity contribution is -0.132. The number of aliphatic hydroxyl groups excluding tert-OH is 1. The molecule has 0 bridgehead atoms. The number of nitrogens with zero attached hydrogens (tertiary/aromatic N) is 1. The first-order valence-corrected chi connectivity index (χ1v) is 9.73. The van der Waals surface area contributed by atoms with Crippen molar-refractivity contribution >= 4 is 23.1 Å². The summed E-state index contributed by atoms with van der Waals surface area (Å²) in [6.45, 7) is 1.79. The molecule has 31 heavy (non-hydrogen) atoms. The van der Waals surface area contributed by atoms with E-state index in [0.29, 0.717) is 22.4 Å². The Hall–Kier alpha value is -4.06. The van der Waals surface area contributed by atoms with Crippen LogP contribution in [-0.4, -0.2) is 29.0 Å². The zero-order valence-electron chi connectivity index (χ0n) is 17.1. The van der Waals surface area contributed by atoms with E-state index >= 15 is 0 Å². The van der Waals surface area contributed by atoms with Gasteiger partial charge in [-0.1, -0.05) is 42.5 Å². The Kier molecular flexibility index (Phi) is 5.21. The number of ketones is 1. The van der Waals surface area contributed by atoms with Crippen LogP contribution in [0.5, 0.6) is 11.5 Å². The van der Waals surface area contributed by atoms with Crippen LogP contribution in [0.25, 0.3) is 5.76 Å². The number of phenols is 1. The van der Waals surface area contributed by atoms with Gasteiger partial charge in [0.1, 0.15) is 17.3 Å². The molecule has 1 heterocycles. The van der Waals surface area contributed by atoms with Crippen LogP contribution in [0.1, 0.15) is 22.7 Å². The lowest BCUT2D eigenvalue weighted by Gasteiger charge is -2.26. The number of rotatable bonds is 4. The summed E-state index contributed by atoms with van der Waals surface area (Å²) in [5.41, 5.74) is 1.92. The van der Waals surface area contributed by atoms with E-state index in [1.54, 1.807) is 74.7 Å². The third-order valence-corrected chi connectivity index (χ3v) is 5.39. The second kappa shape index (κ2) is 7.99. The van der Waals surface area contributed by atoms with Gasteiger partial charge in [0.25, 0.3) is 11.7 Å². The van der Waals surface area contributed by atoms with E-state index in [-0.39, 0.29) is 22.8 Å². The normalized spacial score (nSPS) is 17.7. The number of methoxy groups -OCH3 is 1. The van der Waals surface area contributed by atoms with Gasteiger partial charge in [0.2, 0.25) is 0 Å². The SMILES string of the molecule is COc1ccc(/C(O)=C2/C(=O)C(=O)N(c3ccccc3O)C2c2ccccc2)c(C)c1. The lowest BCUT2D eigenvalue weighted by Crippen LogP contribution is -2.29. The molecule has 0 radical (unpaired) electrons.